The van der Waals surface area contributed by atoms with Crippen molar-refractivity contribution in [2.75, 3.05) is 20.2 Å². The third kappa shape index (κ3) is 4.95. The first-order valence-corrected chi connectivity index (χ1v) is 7.24. The molecule has 0 radical (unpaired) electrons. The number of ether oxygens (including phenoxy) is 2. The Morgan fingerprint density at radius 3 is 2.45 bits per heavy atom. The molecular formula is C16H23NO5. The van der Waals surface area contributed by atoms with E-state index in [2.05, 4.69) is 0 Å². The molecule has 0 aliphatic rings. The minimum absolute atomic E-state index is 0.00171. The molecule has 0 aliphatic carbocycles. The smallest absolute Gasteiger partial charge is 0.305 e. The van der Waals surface area contributed by atoms with Crippen LogP contribution < -0.4 is 9.47 Å². The van der Waals surface area contributed by atoms with Gasteiger partial charge in [-0.1, -0.05) is 0 Å². The Hall–Kier alpha value is -2.24. The molecular weight excluding hydrogens is 286 g/mol. The van der Waals surface area contributed by atoms with E-state index in [1.165, 1.54) is 12.0 Å². The number of carbonyl (C=O) groups excluding carboxylic acids is 1. The van der Waals surface area contributed by atoms with Crippen molar-refractivity contribution in [1.82, 2.24) is 4.90 Å². The second-order valence-electron chi connectivity index (χ2n) is 5.06. The number of carboxylic acid groups (broad SMARTS) is 1. The standard InChI is InChI=1S/C16H23NO5/c1-5-17(9-8-15(18)19)16(20)12-6-7-13(22-11(2)3)14(10-12)21-4/h6-7,10-11H,5,8-9H2,1-4H3,(H,18,19). The minimum Gasteiger partial charge on any atom is -0.493 e. The summed E-state index contributed by atoms with van der Waals surface area (Å²) in [6.45, 7) is 6.25. The number of aliphatic carboxylic acids is 1. The van der Waals surface area contributed by atoms with Crippen LogP contribution in [0.2, 0.25) is 0 Å². The molecule has 0 aliphatic heterocycles. The lowest BCUT2D eigenvalue weighted by atomic mass is 10.1. The van der Waals surface area contributed by atoms with Crippen LogP contribution in [0.4, 0.5) is 0 Å². The van der Waals surface area contributed by atoms with Crippen LogP contribution in [-0.4, -0.2) is 48.2 Å². The Morgan fingerprint density at radius 1 is 1.27 bits per heavy atom. The second kappa shape index (κ2) is 8.26. The largest absolute Gasteiger partial charge is 0.493 e. The van der Waals surface area contributed by atoms with Gasteiger partial charge in [0.1, 0.15) is 0 Å². The Morgan fingerprint density at radius 2 is 1.95 bits per heavy atom. The topological polar surface area (TPSA) is 76.1 Å². The van der Waals surface area contributed by atoms with Gasteiger partial charge in [-0.15, -0.1) is 0 Å². The summed E-state index contributed by atoms with van der Waals surface area (Å²) in [4.78, 5) is 24.6. The maximum absolute atomic E-state index is 12.4. The fourth-order valence-electron chi connectivity index (χ4n) is 1.97. The summed E-state index contributed by atoms with van der Waals surface area (Å²) in [5, 5.41) is 8.74. The highest BCUT2D eigenvalue weighted by molar-refractivity contribution is 5.95. The van der Waals surface area contributed by atoms with E-state index in [0.717, 1.165) is 0 Å². The first kappa shape index (κ1) is 17.8. The normalized spacial score (nSPS) is 10.4. The van der Waals surface area contributed by atoms with Crippen molar-refractivity contribution in [3.63, 3.8) is 0 Å². The van der Waals surface area contributed by atoms with E-state index >= 15 is 0 Å². The van der Waals surface area contributed by atoms with Crippen LogP contribution in [0.25, 0.3) is 0 Å². The average molecular weight is 309 g/mol. The summed E-state index contributed by atoms with van der Waals surface area (Å²) in [6.07, 6.45) is -0.0798. The zero-order chi connectivity index (χ0) is 16.7. The molecule has 22 heavy (non-hydrogen) atoms. The van der Waals surface area contributed by atoms with Gasteiger partial charge in [0.25, 0.3) is 5.91 Å². The summed E-state index contributed by atoms with van der Waals surface area (Å²) < 4.78 is 10.9. The zero-order valence-corrected chi connectivity index (χ0v) is 13.5. The van der Waals surface area contributed by atoms with Gasteiger partial charge in [0, 0.05) is 18.7 Å². The van der Waals surface area contributed by atoms with Crippen molar-refractivity contribution in [2.24, 2.45) is 0 Å². The molecule has 6 nitrogen and oxygen atoms in total. The number of hydrogen-bond acceptors (Lipinski definition) is 4. The molecule has 6 heteroatoms. The molecule has 1 amide bonds. The van der Waals surface area contributed by atoms with Gasteiger partial charge in [-0.3, -0.25) is 9.59 Å². The molecule has 0 unspecified atom stereocenters. The Balaban J connectivity index is 2.94. The molecule has 1 N–H and O–H groups in total. The second-order valence-corrected chi connectivity index (χ2v) is 5.06. The molecule has 1 aromatic carbocycles. The molecule has 1 rings (SSSR count). The highest BCUT2D eigenvalue weighted by Crippen LogP contribution is 2.29. The summed E-state index contributed by atoms with van der Waals surface area (Å²) in [6, 6.07) is 4.96. The molecule has 0 bridgehead atoms. The number of amides is 1. The lowest BCUT2D eigenvalue weighted by Gasteiger charge is -2.21. The van der Waals surface area contributed by atoms with Crippen LogP contribution in [0.1, 0.15) is 37.6 Å². The Kier molecular flexibility index (Phi) is 6.69. The van der Waals surface area contributed by atoms with E-state index in [9.17, 15) is 9.59 Å². The van der Waals surface area contributed by atoms with Crippen molar-refractivity contribution in [3.05, 3.63) is 23.8 Å². The minimum atomic E-state index is -0.926. The fourth-order valence-corrected chi connectivity index (χ4v) is 1.97. The zero-order valence-electron chi connectivity index (χ0n) is 13.5. The van der Waals surface area contributed by atoms with E-state index in [4.69, 9.17) is 14.6 Å². The van der Waals surface area contributed by atoms with Gasteiger partial charge in [-0.05, 0) is 39.0 Å². The van der Waals surface area contributed by atoms with Gasteiger partial charge >= 0.3 is 5.97 Å². The highest BCUT2D eigenvalue weighted by atomic mass is 16.5. The highest BCUT2D eigenvalue weighted by Gasteiger charge is 2.17. The number of carboxylic acids is 1. The van der Waals surface area contributed by atoms with Crippen LogP contribution in [0.15, 0.2) is 18.2 Å². The SMILES string of the molecule is CCN(CCC(=O)O)C(=O)c1ccc(OC(C)C)c(OC)c1. The van der Waals surface area contributed by atoms with E-state index in [0.29, 0.717) is 23.6 Å². The summed E-state index contributed by atoms with van der Waals surface area (Å²) in [5.41, 5.74) is 0.445. The van der Waals surface area contributed by atoms with Crippen molar-refractivity contribution in [1.29, 1.82) is 0 Å². The van der Waals surface area contributed by atoms with E-state index in [1.807, 2.05) is 20.8 Å². The molecule has 0 atom stereocenters. The van der Waals surface area contributed by atoms with Crippen molar-refractivity contribution in [3.8, 4) is 11.5 Å². The van der Waals surface area contributed by atoms with Crippen molar-refractivity contribution < 1.29 is 24.2 Å². The van der Waals surface area contributed by atoms with Gasteiger partial charge in [-0.2, -0.15) is 0 Å². The average Bonchev–Trinajstić information content (AvgIpc) is 2.47. The summed E-state index contributed by atoms with van der Waals surface area (Å²) >= 11 is 0. The van der Waals surface area contributed by atoms with Gasteiger partial charge in [0.2, 0.25) is 0 Å². The van der Waals surface area contributed by atoms with E-state index < -0.39 is 5.97 Å². The van der Waals surface area contributed by atoms with Gasteiger partial charge in [-0.25, -0.2) is 0 Å². The first-order chi connectivity index (χ1) is 10.4. The molecule has 0 fully saturated rings. The van der Waals surface area contributed by atoms with Crippen LogP contribution in [0, 0.1) is 0 Å². The van der Waals surface area contributed by atoms with E-state index in [1.54, 1.807) is 18.2 Å². The maximum atomic E-state index is 12.4. The molecule has 122 valence electrons. The third-order valence-corrected chi connectivity index (χ3v) is 3.04. The molecule has 0 heterocycles. The van der Waals surface area contributed by atoms with Crippen molar-refractivity contribution in [2.45, 2.75) is 33.3 Å². The Bertz CT molecular complexity index is 527. The van der Waals surface area contributed by atoms with Gasteiger partial charge in [0.15, 0.2) is 11.5 Å². The lowest BCUT2D eigenvalue weighted by Crippen LogP contribution is -2.32. The van der Waals surface area contributed by atoms with Crippen LogP contribution in [-0.2, 0) is 4.79 Å². The number of rotatable bonds is 8. The molecule has 0 saturated heterocycles. The number of methoxy groups -OCH3 is 1. The predicted molar refractivity (Wildman–Crippen MR) is 82.6 cm³/mol. The summed E-state index contributed by atoms with van der Waals surface area (Å²) in [5.74, 6) is -0.0980. The predicted octanol–water partition coefficient (Wildman–Crippen LogP) is 2.42. The Labute approximate surface area is 130 Å². The maximum Gasteiger partial charge on any atom is 0.305 e. The number of nitrogens with zero attached hydrogens (tertiary/aromatic N) is 1. The molecule has 0 aromatic heterocycles. The van der Waals surface area contributed by atoms with Crippen LogP contribution >= 0.6 is 0 Å². The molecule has 0 spiro atoms. The van der Waals surface area contributed by atoms with E-state index in [-0.39, 0.29) is 25.0 Å². The first-order valence-electron chi connectivity index (χ1n) is 7.24. The van der Waals surface area contributed by atoms with Gasteiger partial charge in [0.05, 0.1) is 19.6 Å². The summed E-state index contributed by atoms with van der Waals surface area (Å²) in [7, 11) is 1.51. The van der Waals surface area contributed by atoms with Crippen molar-refractivity contribution >= 4 is 11.9 Å². The fraction of sp³-hybridized carbons (Fsp3) is 0.500. The van der Waals surface area contributed by atoms with Gasteiger partial charge < -0.3 is 19.5 Å². The molecule has 1 aromatic rings. The monoisotopic (exact) mass is 309 g/mol. The molecule has 0 saturated carbocycles. The quantitative estimate of drug-likeness (QED) is 0.798. The number of carbonyl (C=O) groups is 2. The van der Waals surface area contributed by atoms with Crippen LogP contribution in [0.3, 0.4) is 0 Å². The number of hydrogen-bond donors (Lipinski definition) is 1. The lowest BCUT2D eigenvalue weighted by molar-refractivity contribution is -0.137. The van der Waals surface area contributed by atoms with Crippen LogP contribution in [0.5, 0.6) is 11.5 Å². The number of benzene rings is 1. The third-order valence-electron chi connectivity index (χ3n) is 3.04.